The predicted molar refractivity (Wildman–Crippen MR) is 66.9 cm³/mol. The number of amides is 1. The molecule has 0 spiro atoms. The van der Waals surface area contributed by atoms with Gasteiger partial charge in [0.2, 0.25) is 5.91 Å². The Labute approximate surface area is 99.2 Å². The van der Waals surface area contributed by atoms with Gasteiger partial charge in [-0.25, -0.2) is 0 Å². The van der Waals surface area contributed by atoms with Crippen LogP contribution in [0.4, 0.5) is 0 Å². The molecule has 3 N–H and O–H groups in total. The van der Waals surface area contributed by atoms with Gasteiger partial charge < -0.3 is 11.1 Å². The van der Waals surface area contributed by atoms with Crippen molar-refractivity contribution < 1.29 is 4.79 Å². The molecule has 0 aliphatic heterocycles. The maximum absolute atomic E-state index is 11.7. The van der Waals surface area contributed by atoms with Crippen LogP contribution in [-0.2, 0) is 4.79 Å². The van der Waals surface area contributed by atoms with Gasteiger partial charge in [0.25, 0.3) is 0 Å². The van der Waals surface area contributed by atoms with Crippen LogP contribution in [0.3, 0.4) is 0 Å². The highest BCUT2D eigenvalue weighted by Gasteiger charge is 2.27. The van der Waals surface area contributed by atoms with Gasteiger partial charge in [0.15, 0.2) is 0 Å². The highest BCUT2D eigenvalue weighted by molar-refractivity contribution is 5.76. The van der Waals surface area contributed by atoms with Crippen LogP contribution < -0.4 is 11.1 Å². The van der Waals surface area contributed by atoms with E-state index in [2.05, 4.69) is 26.1 Å². The molecule has 1 rings (SSSR count). The summed E-state index contributed by atoms with van der Waals surface area (Å²) in [6, 6.07) is 0.431. The molecule has 0 aromatic rings. The van der Waals surface area contributed by atoms with Gasteiger partial charge in [0.05, 0.1) is 0 Å². The van der Waals surface area contributed by atoms with Crippen molar-refractivity contribution >= 4 is 5.91 Å². The molecule has 1 unspecified atom stereocenters. The van der Waals surface area contributed by atoms with Crippen molar-refractivity contribution in [3.8, 4) is 0 Å². The number of nitrogens with two attached hydrogens (primary N) is 1. The quantitative estimate of drug-likeness (QED) is 0.727. The molecule has 0 saturated heterocycles. The highest BCUT2D eigenvalue weighted by Crippen LogP contribution is 2.26. The van der Waals surface area contributed by atoms with Crippen molar-refractivity contribution in [2.45, 2.75) is 52.5 Å². The molecule has 16 heavy (non-hydrogen) atoms. The topological polar surface area (TPSA) is 55.1 Å². The summed E-state index contributed by atoms with van der Waals surface area (Å²) in [7, 11) is 0. The Hall–Kier alpha value is -0.570. The van der Waals surface area contributed by atoms with Gasteiger partial charge in [-0.3, -0.25) is 4.79 Å². The van der Waals surface area contributed by atoms with Crippen LogP contribution in [0, 0.1) is 17.8 Å². The number of carbonyl (C=O) groups is 1. The molecule has 1 fully saturated rings. The summed E-state index contributed by atoms with van der Waals surface area (Å²) in [5.74, 6) is 1.93. The molecule has 0 radical (unpaired) electrons. The largest absolute Gasteiger partial charge is 0.353 e. The number of hydrogen-bond acceptors (Lipinski definition) is 2. The molecule has 3 nitrogen and oxygen atoms in total. The van der Waals surface area contributed by atoms with Crippen LogP contribution in [0.1, 0.15) is 46.5 Å². The van der Waals surface area contributed by atoms with Gasteiger partial charge in [-0.15, -0.1) is 0 Å². The Morgan fingerprint density at radius 3 is 2.50 bits per heavy atom. The van der Waals surface area contributed by atoms with Crippen LogP contribution in [0.2, 0.25) is 0 Å². The first-order valence-electron chi connectivity index (χ1n) is 6.50. The van der Waals surface area contributed by atoms with Gasteiger partial charge in [-0.2, -0.15) is 0 Å². The summed E-state index contributed by atoms with van der Waals surface area (Å²) >= 11 is 0. The zero-order valence-electron chi connectivity index (χ0n) is 10.8. The SMILES string of the molecule is CC(C)CC(CN)CC(=O)NC1CC(C)C1. The van der Waals surface area contributed by atoms with E-state index in [4.69, 9.17) is 5.73 Å². The molecule has 0 bridgehead atoms. The molecule has 1 atom stereocenters. The Bertz CT molecular complexity index is 222. The second kappa shape index (κ2) is 6.24. The van der Waals surface area contributed by atoms with Crippen molar-refractivity contribution in [3.05, 3.63) is 0 Å². The zero-order valence-corrected chi connectivity index (χ0v) is 10.8. The van der Waals surface area contributed by atoms with Crippen LogP contribution in [0.25, 0.3) is 0 Å². The standard InChI is InChI=1S/C13H26N2O/c1-9(2)4-11(8-14)7-13(16)15-12-5-10(3)6-12/h9-12H,4-8,14H2,1-3H3,(H,15,16). The van der Waals surface area contributed by atoms with Crippen molar-refractivity contribution in [2.75, 3.05) is 6.54 Å². The van der Waals surface area contributed by atoms with Gasteiger partial charge in [-0.05, 0) is 43.6 Å². The van der Waals surface area contributed by atoms with Crippen LogP contribution in [0.5, 0.6) is 0 Å². The van der Waals surface area contributed by atoms with Gasteiger partial charge in [-0.1, -0.05) is 20.8 Å². The smallest absolute Gasteiger partial charge is 0.220 e. The van der Waals surface area contributed by atoms with Crippen LogP contribution in [0.15, 0.2) is 0 Å². The van der Waals surface area contributed by atoms with Crippen molar-refractivity contribution in [2.24, 2.45) is 23.5 Å². The van der Waals surface area contributed by atoms with Gasteiger partial charge in [0.1, 0.15) is 0 Å². The summed E-state index contributed by atoms with van der Waals surface area (Å²) < 4.78 is 0. The molecule has 0 aromatic heterocycles. The van der Waals surface area contributed by atoms with Gasteiger partial charge >= 0.3 is 0 Å². The van der Waals surface area contributed by atoms with E-state index in [1.54, 1.807) is 0 Å². The van der Waals surface area contributed by atoms with E-state index in [-0.39, 0.29) is 5.91 Å². The Kier molecular flexibility index (Phi) is 5.26. The first kappa shape index (κ1) is 13.5. The maximum Gasteiger partial charge on any atom is 0.220 e. The van der Waals surface area contributed by atoms with Crippen molar-refractivity contribution in [3.63, 3.8) is 0 Å². The van der Waals surface area contributed by atoms with Crippen LogP contribution in [-0.4, -0.2) is 18.5 Å². The molecule has 94 valence electrons. The van der Waals surface area contributed by atoms with E-state index in [0.29, 0.717) is 30.8 Å². The molecule has 1 aliphatic carbocycles. The van der Waals surface area contributed by atoms with Crippen molar-refractivity contribution in [1.29, 1.82) is 0 Å². The predicted octanol–water partition coefficient (Wildman–Crippen LogP) is 1.91. The third kappa shape index (κ3) is 4.52. The monoisotopic (exact) mass is 226 g/mol. The first-order chi connectivity index (χ1) is 7.51. The summed E-state index contributed by atoms with van der Waals surface area (Å²) in [5.41, 5.74) is 5.69. The van der Waals surface area contributed by atoms with E-state index >= 15 is 0 Å². The van der Waals surface area contributed by atoms with Crippen LogP contribution >= 0.6 is 0 Å². The molecular weight excluding hydrogens is 200 g/mol. The van der Waals surface area contributed by atoms with Gasteiger partial charge in [0, 0.05) is 12.5 Å². The fourth-order valence-electron chi connectivity index (χ4n) is 2.50. The summed E-state index contributed by atoms with van der Waals surface area (Å²) in [6.07, 6.45) is 3.93. The number of nitrogens with one attached hydrogen (secondary N) is 1. The Morgan fingerprint density at radius 1 is 1.44 bits per heavy atom. The molecule has 1 aliphatic rings. The minimum absolute atomic E-state index is 0.188. The number of rotatable bonds is 6. The average Bonchev–Trinajstić information content (AvgIpc) is 2.13. The Morgan fingerprint density at radius 2 is 2.06 bits per heavy atom. The molecule has 1 amide bonds. The molecule has 0 aromatic carbocycles. The summed E-state index contributed by atoms with van der Waals surface area (Å²) in [6.45, 7) is 7.19. The van der Waals surface area contributed by atoms with E-state index in [1.165, 1.54) is 0 Å². The third-order valence-electron chi connectivity index (χ3n) is 3.35. The summed E-state index contributed by atoms with van der Waals surface area (Å²) in [4.78, 5) is 11.7. The normalized spacial score (nSPS) is 26.3. The van der Waals surface area contributed by atoms with E-state index in [1.807, 2.05) is 0 Å². The number of hydrogen-bond donors (Lipinski definition) is 2. The molecule has 0 heterocycles. The maximum atomic E-state index is 11.7. The second-order valence-corrected chi connectivity index (χ2v) is 5.78. The molecule has 1 saturated carbocycles. The highest BCUT2D eigenvalue weighted by atomic mass is 16.1. The lowest BCUT2D eigenvalue weighted by Crippen LogP contribution is -2.44. The van der Waals surface area contributed by atoms with Crippen molar-refractivity contribution in [1.82, 2.24) is 5.32 Å². The number of carbonyl (C=O) groups excluding carboxylic acids is 1. The second-order valence-electron chi connectivity index (χ2n) is 5.78. The first-order valence-corrected chi connectivity index (χ1v) is 6.50. The average molecular weight is 226 g/mol. The molecule has 3 heteroatoms. The lowest BCUT2D eigenvalue weighted by Gasteiger charge is -2.33. The minimum Gasteiger partial charge on any atom is -0.353 e. The summed E-state index contributed by atoms with van der Waals surface area (Å²) in [5, 5.41) is 3.09. The van der Waals surface area contributed by atoms with E-state index < -0.39 is 0 Å². The minimum atomic E-state index is 0.188. The molecular formula is C13H26N2O. The van der Waals surface area contributed by atoms with E-state index in [9.17, 15) is 4.79 Å². The fraction of sp³-hybridized carbons (Fsp3) is 0.923. The third-order valence-corrected chi connectivity index (χ3v) is 3.35. The zero-order chi connectivity index (χ0) is 12.1. The lowest BCUT2D eigenvalue weighted by atomic mass is 9.81. The fourth-order valence-corrected chi connectivity index (χ4v) is 2.50. The lowest BCUT2D eigenvalue weighted by molar-refractivity contribution is -0.123. The van der Waals surface area contributed by atoms with E-state index in [0.717, 1.165) is 25.2 Å². The Balaban J connectivity index is 2.20.